The maximum Gasteiger partial charge on any atom is 0.288 e. The molecule has 0 fully saturated rings. The van der Waals surface area contributed by atoms with E-state index in [1.54, 1.807) is 24.3 Å². The quantitative estimate of drug-likeness (QED) is 0.360. The fourth-order valence-electron chi connectivity index (χ4n) is 2.03. The Bertz CT molecular complexity index is 683. The van der Waals surface area contributed by atoms with Gasteiger partial charge in [-0.05, 0) is 67.7 Å². The van der Waals surface area contributed by atoms with Gasteiger partial charge in [-0.25, -0.2) is 0 Å². The van der Waals surface area contributed by atoms with Gasteiger partial charge in [0, 0.05) is 10.6 Å². The molecule has 140 valence electrons. The summed E-state index contributed by atoms with van der Waals surface area (Å²) in [4.78, 5) is 0.508. The summed E-state index contributed by atoms with van der Waals surface area (Å²) in [6.45, 7) is 3.53. The van der Waals surface area contributed by atoms with Crippen molar-refractivity contribution in [1.82, 2.24) is 5.32 Å². The van der Waals surface area contributed by atoms with Gasteiger partial charge in [-0.2, -0.15) is 8.78 Å². The van der Waals surface area contributed by atoms with Crippen LogP contribution in [-0.4, -0.2) is 30.6 Å². The molecule has 0 saturated heterocycles. The Morgan fingerprint density at radius 3 is 2.23 bits per heavy atom. The fourth-order valence-corrected chi connectivity index (χ4v) is 2.75. The first kappa shape index (κ1) is 20.3. The molecule has 0 saturated carbocycles. The molecule has 2 aromatic carbocycles. The van der Waals surface area contributed by atoms with Crippen LogP contribution < -0.4 is 20.1 Å². The van der Waals surface area contributed by atoms with Crippen molar-refractivity contribution >= 4 is 34.8 Å². The molecule has 0 aliphatic rings. The van der Waals surface area contributed by atoms with Gasteiger partial charge < -0.3 is 20.1 Å². The first-order valence-corrected chi connectivity index (χ1v) is 9.31. The fraction of sp³-hybridized carbons (Fsp3) is 0.278. The van der Waals surface area contributed by atoms with Crippen LogP contribution in [0.5, 0.6) is 11.5 Å². The zero-order chi connectivity index (χ0) is 18.8. The van der Waals surface area contributed by atoms with Gasteiger partial charge in [-0.3, -0.25) is 0 Å². The molecule has 4 nitrogen and oxygen atoms in total. The average Bonchev–Trinajstić information content (AvgIpc) is 2.62. The Morgan fingerprint density at radius 1 is 1.04 bits per heavy atom. The van der Waals surface area contributed by atoms with E-state index in [1.807, 2.05) is 31.2 Å². The van der Waals surface area contributed by atoms with Crippen molar-refractivity contribution in [3.8, 4) is 11.5 Å². The molecule has 0 spiro atoms. The van der Waals surface area contributed by atoms with Crippen LogP contribution in [0, 0.1) is 0 Å². The molecular formula is C18H20F2N2O2S2. The summed E-state index contributed by atoms with van der Waals surface area (Å²) in [5, 5.41) is 6.46. The zero-order valence-corrected chi connectivity index (χ0v) is 15.8. The van der Waals surface area contributed by atoms with Gasteiger partial charge in [0.25, 0.3) is 5.76 Å². The van der Waals surface area contributed by atoms with Crippen molar-refractivity contribution in [3.63, 3.8) is 0 Å². The van der Waals surface area contributed by atoms with Gasteiger partial charge in [0.15, 0.2) is 5.11 Å². The van der Waals surface area contributed by atoms with Crippen LogP contribution in [0.2, 0.25) is 0 Å². The SMILES string of the molecule is CCOc1ccc(OCCNC(=S)Nc2ccc(SC(F)F)cc2)cc1. The van der Waals surface area contributed by atoms with Crippen LogP contribution in [0.3, 0.4) is 0 Å². The highest BCUT2D eigenvalue weighted by Gasteiger charge is 2.05. The van der Waals surface area contributed by atoms with Crippen molar-refractivity contribution in [3.05, 3.63) is 48.5 Å². The maximum absolute atomic E-state index is 12.3. The molecule has 0 aliphatic heterocycles. The third-order valence-electron chi connectivity index (χ3n) is 3.13. The normalized spacial score (nSPS) is 10.5. The molecule has 2 N–H and O–H groups in total. The summed E-state index contributed by atoms with van der Waals surface area (Å²) in [6.07, 6.45) is 0. The van der Waals surface area contributed by atoms with Crippen LogP contribution in [0.4, 0.5) is 14.5 Å². The molecule has 0 aromatic heterocycles. The van der Waals surface area contributed by atoms with E-state index in [9.17, 15) is 8.78 Å². The number of anilines is 1. The van der Waals surface area contributed by atoms with E-state index in [2.05, 4.69) is 10.6 Å². The number of halogens is 2. The molecule has 0 bridgehead atoms. The monoisotopic (exact) mass is 398 g/mol. The summed E-state index contributed by atoms with van der Waals surface area (Å²) in [5.74, 6) is -0.866. The molecule has 0 amide bonds. The average molecular weight is 399 g/mol. The topological polar surface area (TPSA) is 42.5 Å². The van der Waals surface area contributed by atoms with E-state index in [0.29, 0.717) is 41.5 Å². The van der Waals surface area contributed by atoms with Crippen molar-refractivity contribution in [2.45, 2.75) is 17.6 Å². The van der Waals surface area contributed by atoms with Gasteiger partial charge in [0.1, 0.15) is 18.1 Å². The lowest BCUT2D eigenvalue weighted by Crippen LogP contribution is -2.31. The Labute approximate surface area is 161 Å². The maximum atomic E-state index is 12.3. The van der Waals surface area contributed by atoms with E-state index in [-0.39, 0.29) is 0 Å². The van der Waals surface area contributed by atoms with Crippen molar-refractivity contribution in [2.24, 2.45) is 0 Å². The highest BCUT2D eigenvalue weighted by atomic mass is 32.2. The number of thioether (sulfide) groups is 1. The Kier molecular flexibility index (Phi) is 8.43. The van der Waals surface area contributed by atoms with Crippen LogP contribution >= 0.6 is 24.0 Å². The summed E-state index contributed by atoms with van der Waals surface area (Å²) in [5.41, 5.74) is 0.730. The summed E-state index contributed by atoms with van der Waals surface area (Å²) in [7, 11) is 0. The summed E-state index contributed by atoms with van der Waals surface area (Å²) < 4.78 is 35.5. The molecule has 2 rings (SSSR count). The second-order valence-electron chi connectivity index (χ2n) is 5.04. The van der Waals surface area contributed by atoms with Crippen LogP contribution in [-0.2, 0) is 0 Å². The predicted molar refractivity (Wildman–Crippen MR) is 106 cm³/mol. The molecule has 0 atom stereocenters. The smallest absolute Gasteiger partial charge is 0.288 e. The number of ether oxygens (including phenoxy) is 2. The molecule has 0 radical (unpaired) electrons. The van der Waals surface area contributed by atoms with E-state index in [4.69, 9.17) is 21.7 Å². The third-order valence-corrected chi connectivity index (χ3v) is 4.10. The summed E-state index contributed by atoms with van der Waals surface area (Å²) >= 11 is 5.71. The second kappa shape index (κ2) is 10.8. The standard InChI is InChI=1S/C18H20F2N2O2S2/c1-2-23-14-5-7-15(8-6-14)24-12-11-21-18(25)22-13-3-9-16(10-4-13)26-17(19)20/h3-10,17H,2,11-12H2,1H3,(H2,21,22,25). The highest BCUT2D eigenvalue weighted by molar-refractivity contribution is 7.99. The van der Waals surface area contributed by atoms with E-state index < -0.39 is 5.76 Å². The van der Waals surface area contributed by atoms with Gasteiger partial charge in [0.2, 0.25) is 0 Å². The number of nitrogens with one attached hydrogen (secondary N) is 2. The number of benzene rings is 2. The van der Waals surface area contributed by atoms with Crippen molar-refractivity contribution < 1.29 is 18.3 Å². The Morgan fingerprint density at radius 2 is 1.65 bits per heavy atom. The van der Waals surface area contributed by atoms with Gasteiger partial charge >= 0.3 is 0 Å². The van der Waals surface area contributed by atoms with Crippen molar-refractivity contribution in [2.75, 3.05) is 25.1 Å². The minimum atomic E-state index is -2.42. The van der Waals surface area contributed by atoms with E-state index in [1.165, 1.54) is 0 Å². The van der Waals surface area contributed by atoms with Gasteiger partial charge in [-0.1, -0.05) is 11.8 Å². The number of thiocarbonyl (C=S) groups is 1. The van der Waals surface area contributed by atoms with Gasteiger partial charge in [0.05, 0.1) is 13.2 Å². The lowest BCUT2D eigenvalue weighted by Gasteiger charge is -2.12. The zero-order valence-electron chi connectivity index (χ0n) is 14.2. The highest BCUT2D eigenvalue weighted by Crippen LogP contribution is 2.26. The van der Waals surface area contributed by atoms with Crippen LogP contribution in [0.15, 0.2) is 53.4 Å². The predicted octanol–water partition coefficient (Wildman–Crippen LogP) is 4.77. The summed E-state index contributed by atoms with van der Waals surface area (Å²) in [6, 6.07) is 14.1. The van der Waals surface area contributed by atoms with Gasteiger partial charge in [-0.15, -0.1) is 0 Å². The minimum absolute atomic E-state index is 0.439. The number of hydrogen-bond acceptors (Lipinski definition) is 4. The number of hydrogen-bond donors (Lipinski definition) is 2. The molecule has 0 aliphatic carbocycles. The molecule has 2 aromatic rings. The molecule has 8 heteroatoms. The lowest BCUT2D eigenvalue weighted by molar-refractivity contribution is 0.252. The lowest BCUT2D eigenvalue weighted by atomic mass is 10.3. The first-order valence-electron chi connectivity index (χ1n) is 8.02. The number of alkyl halides is 2. The van der Waals surface area contributed by atoms with E-state index >= 15 is 0 Å². The van der Waals surface area contributed by atoms with E-state index in [0.717, 1.165) is 17.2 Å². The largest absolute Gasteiger partial charge is 0.494 e. The number of rotatable bonds is 9. The van der Waals surface area contributed by atoms with Crippen molar-refractivity contribution in [1.29, 1.82) is 0 Å². The third kappa shape index (κ3) is 7.45. The Hall–Kier alpha value is -2.06. The molecule has 26 heavy (non-hydrogen) atoms. The Balaban J connectivity index is 1.67. The first-order chi connectivity index (χ1) is 12.6. The molecule has 0 heterocycles. The van der Waals surface area contributed by atoms with Crippen LogP contribution in [0.1, 0.15) is 6.92 Å². The minimum Gasteiger partial charge on any atom is -0.494 e. The second-order valence-corrected chi connectivity index (χ2v) is 6.51. The molecule has 0 unspecified atom stereocenters. The van der Waals surface area contributed by atoms with Crippen LogP contribution in [0.25, 0.3) is 0 Å². The molecular weight excluding hydrogens is 378 g/mol.